The highest BCUT2D eigenvalue weighted by atomic mass is 35.5. The van der Waals surface area contributed by atoms with Gasteiger partial charge in [-0.05, 0) is 69.4 Å². The summed E-state index contributed by atoms with van der Waals surface area (Å²) in [7, 11) is -4.15. The van der Waals surface area contributed by atoms with Crippen molar-refractivity contribution in [3.05, 3.63) is 63.3 Å². The van der Waals surface area contributed by atoms with Crippen LogP contribution in [-0.4, -0.2) is 85.8 Å². The number of aliphatic imine (C=N–C) groups is 1. The number of piperazine rings is 1. The van der Waals surface area contributed by atoms with Crippen molar-refractivity contribution in [3.63, 3.8) is 0 Å². The third-order valence-corrected chi connectivity index (χ3v) is 11.9. The Morgan fingerprint density at radius 3 is 2.53 bits per heavy atom. The molecule has 1 aliphatic carbocycles. The SMILES string of the molecule is Cc1cc(C)c2cccc(OCc3c(Cl)ccc(S(=O)(=O)NC4CCCC4C(=O)N4CCN(C(=O)CC(N)CCCN=C(N)N)CC4)c3Cl)c2n1. The lowest BCUT2D eigenvalue weighted by atomic mass is 10.0. The fourth-order valence-corrected chi connectivity index (χ4v) is 9.02. The van der Waals surface area contributed by atoms with Crippen LogP contribution < -0.4 is 26.7 Å². The first kappa shape index (κ1) is 38.5. The van der Waals surface area contributed by atoms with Crippen molar-refractivity contribution in [2.45, 2.75) is 76.0 Å². The summed E-state index contributed by atoms with van der Waals surface area (Å²) in [6, 6.07) is 9.54. The number of hydrogen-bond acceptors (Lipinski definition) is 8. The van der Waals surface area contributed by atoms with Crippen LogP contribution >= 0.6 is 23.2 Å². The number of sulfonamides is 1. The number of carbonyl (C=O) groups excluding carboxylic acids is 2. The number of guanidine groups is 1. The molecule has 3 unspecified atom stereocenters. The van der Waals surface area contributed by atoms with Crippen LogP contribution in [0.5, 0.6) is 5.75 Å². The van der Waals surface area contributed by atoms with Crippen molar-refractivity contribution < 1.29 is 22.7 Å². The molecule has 0 radical (unpaired) electrons. The Kier molecular flexibility index (Phi) is 12.7. The monoisotopic (exact) mass is 760 g/mol. The molecule has 276 valence electrons. The summed E-state index contributed by atoms with van der Waals surface area (Å²) in [6.07, 6.45) is 3.22. The highest BCUT2D eigenvalue weighted by Crippen LogP contribution is 2.35. The van der Waals surface area contributed by atoms with E-state index in [0.29, 0.717) is 81.7 Å². The maximum atomic E-state index is 13.8. The molecular formula is C35H46Cl2N8O5S. The molecule has 1 aliphatic heterocycles. The molecule has 1 aromatic heterocycles. The average molecular weight is 762 g/mol. The summed E-state index contributed by atoms with van der Waals surface area (Å²) >= 11 is 13.2. The Labute approximate surface area is 308 Å². The number of nitrogens with two attached hydrogens (primary N) is 3. The zero-order chi connectivity index (χ0) is 36.9. The maximum Gasteiger partial charge on any atom is 0.242 e. The first-order valence-corrected chi connectivity index (χ1v) is 19.4. The number of nitrogens with zero attached hydrogens (tertiary/aromatic N) is 4. The molecule has 2 aliphatic rings. The van der Waals surface area contributed by atoms with E-state index >= 15 is 0 Å². The number of fused-ring (bicyclic) bond motifs is 1. The number of amides is 2. The molecule has 13 nitrogen and oxygen atoms in total. The maximum absolute atomic E-state index is 13.8. The average Bonchev–Trinajstić information content (AvgIpc) is 3.53. The smallest absolute Gasteiger partial charge is 0.242 e. The first-order valence-electron chi connectivity index (χ1n) is 17.1. The van der Waals surface area contributed by atoms with E-state index < -0.39 is 22.0 Å². The summed E-state index contributed by atoms with van der Waals surface area (Å²) in [5.74, 6) is -0.188. The van der Waals surface area contributed by atoms with Crippen LogP contribution in [0, 0.1) is 19.8 Å². The fraction of sp³-hybridized carbons (Fsp3) is 0.486. The van der Waals surface area contributed by atoms with E-state index in [4.69, 9.17) is 45.1 Å². The number of ether oxygens (including phenoxy) is 1. The molecule has 0 bridgehead atoms. The van der Waals surface area contributed by atoms with Gasteiger partial charge in [-0.15, -0.1) is 0 Å². The third-order valence-electron chi connectivity index (χ3n) is 9.50. The van der Waals surface area contributed by atoms with Gasteiger partial charge in [0.05, 0.1) is 10.9 Å². The van der Waals surface area contributed by atoms with Gasteiger partial charge in [0.15, 0.2) is 5.96 Å². The van der Waals surface area contributed by atoms with Gasteiger partial charge in [0.1, 0.15) is 22.8 Å². The molecular weight excluding hydrogens is 715 g/mol. The second-order valence-corrected chi connectivity index (χ2v) is 15.7. The zero-order valence-electron chi connectivity index (χ0n) is 28.9. The Morgan fingerprint density at radius 1 is 1.08 bits per heavy atom. The summed E-state index contributed by atoms with van der Waals surface area (Å²) in [4.78, 5) is 38.4. The quantitative estimate of drug-likeness (QED) is 0.114. The van der Waals surface area contributed by atoms with E-state index in [-0.39, 0.29) is 51.8 Å². The molecule has 2 aromatic carbocycles. The minimum Gasteiger partial charge on any atom is -0.487 e. The minimum absolute atomic E-state index is 0.0241. The van der Waals surface area contributed by atoms with Gasteiger partial charge < -0.3 is 31.7 Å². The predicted molar refractivity (Wildman–Crippen MR) is 199 cm³/mol. The second-order valence-electron chi connectivity index (χ2n) is 13.2. The minimum atomic E-state index is -4.15. The number of benzene rings is 2. The number of pyridine rings is 1. The highest BCUT2D eigenvalue weighted by Gasteiger charge is 2.39. The summed E-state index contributed by atoms with van der Waals surface area (Å²) in [5, 5.41) is 1.15. The van der Waals surface area contributed by atoms with Crippen LogP contribution in [0.3, 0.4) is 0 Å². The fourth-order valence-electron chi connectivity index (χ4n) is 6.83. The molecule has 3 atom stereocenters. The van der Waals surface area contributed by atoms with Gasteiger partial charge in [0.25, 0.3) is 0 Å². The van der Waals surface area contributed by atoms with Crippen molar-refractivity contribution in [1.82, 2.24) is 19.5 Å². The van der Waals surface area contributed by atoms with Crippen molar-refractivity contribution in [3.8, 4) is 5.75 Å². The van der Waals surface area contributed by atoms with Gasteiger partial charge in [-0.2, -0.15) is 0 Å². The lowest BCUT2D eigenvalue weighted by Crippen LogP contribution is -2.54. The van der Waals surface area contributed by atoms with E-state index in [2.05, 4.69) is 14.7 Å². The largest absolute Gasteiger partial charge is 0.487 e. The number of aryl methyl sites for hydroxylation is 2. The molecule has 1 saturated heterocycles. The normalized spacial score (nSPS) is 18.5. The van der Waals surface area contributed by atoms with Crippen LogP contribution in [-0.2, 0) is 26.2 Å². The van der Waals surface area contributed by atoms with Crippen molar-refractivity contribution in [2.24, 2.45) is 28.1 Å². The van der Waals surface area contributed by atoms with E-state index in [9.17, 15) is 18.0 Å². The molecule has 0 spiro atoms. The Bertz CT molecular complexity index is 1900. The summed E-state index contributed by atoms with van der Waals surface area (Å²) < 4.78 is 36.4. The van der Waals surface area contributed by atoms with Crippen molar-refractivity contribution in [2.75, 3.05) is 32.7 Å². The number of rotatable bonds is 13. The molecule has 2 fully saturated rings. The third kappa shape index (κ3) is 9.41. The Balaban J connectivity index is 1.19. The van der Waals surface area contributed by atoms with Crippen molar-refractivity contribution >= 4 is 61.9 Å². The van der Waals surface area contributed by atoms with Crippen LogP contribution in [0.15, 0.2) is 46.3 Å². The molecule has 16 heteroatoms. The molecule has 5 rings (SSSR count). The molecule has 3 aromatic rings. The predicted octanol–water partition coefficient (Wildman–Crippen LogP) is 3.63. The van der Waals surface area contributed by atoms with E-state index in [0.717, 1.165) is 16.6 Å². The van der Waals surface area contributed by atoms with Gasteiger partial charge in [-0.25, -0.2) is 18.1 Å². The first-order chi connectivity index (χ1) is 24.2. The highest BCUT2D eigenvalue weighted by molar-refractivity contribution is 7.89. The molecule has 2 amide bonds. The number of para-hydroxylation sites is 1. The topological polar surface area (TPSA) is 199 Å². The van der Waals surface area contributed by atoms with Gasteiger partial charge in [0, 0.05) is 72.9 Å². The molecule has 1 saturated carbocycles. The van der Waals surface area contributed by atoms with E-state index in [1.165, 1.54) is 12.1 Å². The molecule has 51 heavy (non-hydrogen) atoms. The van der Waals surface area contributed by atoms with Crippen molar-refractivity contribution in [1.29, 1.82) is 0 Å². The van der Waals surface area contributed by atoms with Crippen LogP contribution in [0.4, 0.5) is 0 Å². The van der Waals surface area contributed by atoms with Gasteiger partial charge in [-0.1, -0.05) is 41.8 Å². The Hall–Kier alpha value is -3.69. The number of nitrogens with one attached hydrogen (secondary N) is 1. The van der Waals surface area contributed by atoms with Gasteiger partial charge in [0.2, 0.25) is 21.8 Å². The Morgan fingerprint density at radius 2 is 1.80 bits per heavy atom. The van der Waals surface area contributed by atoms with Crippen LogP contribution in [0.25, 0.3) is 10.9 Å². The second kappa shape index (κ2) is 16.8. The van der Waals surface area contributed by atoms with Gasteiger partial charge in [-0.3, -0.25) is 14.6 Å². The summed E-state index contributed by atoms with van der Waals surface area (Å²) in [5.41, 5.74) is 19.7. The lowest BCUT2D eigenvalue weighted by Gasteiger charge is -2.37. The number of aromatic nitrogens is 1. The van der Waals surface area contributed by atoms with Crippen LogP contribution in [0.1, 0.15) is 55.3 Å². The number of carbonyl (C=O) groups is 2. The van der Waals surface area contributed by atoms with E-state index in [1.807, 2.05) is 32.0 Å². The number of hydrogen-bond donors (Lipinski definition) is 4. The zero-order valence-corrected chi connectivity index (χ0v) is 31.2. The van der Waals surface area contributed by atoms with Gasteiger partial charge >= 0.3 is 0 Å². The molecule has 7 N–H and O–H groups in total. The van der Waals surface area contributed by atoms with Crippen LogP contribution in [0.2, 0.25) is 10.0 Å². The summed E-state index contributed by atoms with van der Waals surface area (Å²) in [6.45, 7) is 5.76. The number of halogens is 2. The standard InChI is InChI=1S/C35H46Cl2N8O5S/c1-21-18-22(2)42-33-24(21)7-4-10-29(33)50-20-26-27(36)11-12-30(32(26)37)51(48,49)43-28-9-3-8-25(28)34(47)45-16-14-44(15-17-45)31(46)19-23(38)6-5-13-41-35(39)40/h4,7,10-12,18,23,25,28,43H,3,5-6,8-9,13-17,19-20,38H2,1-2H3,(H4,39,40,41). The molecule has 2 heterocycles. The lowest BCUT2D eigenvalue weighted by molar-refractivity contribution is -0.142. The van der Waals surface area contributed by atoms with E-state index in [1.54, 1.807) is 15.9 Å².